The molecule has 150 valence electrons. The SMILES string of the molecule is CCCCCN1C(=O)c2[nH]nc(-c3cc(Cl)ccc3O)c2C1c1cccc(Cl)c1. The maximum Gasteiger partial charge on any atom is 0.273 e. The number of phenolic OH excluding ortho intramolecular Hbond substituents is 1. The van der Waals surface area contributed by atoms with Gasteiger partial charge in [-0.05, 0) is 42.3 Å². The van der Waals surface area contributed by atoms with Gasteiger partial charge in [0, 0.05) is 27.7 Å². The van der Waals surface area contributed by atoms with Crippen LogP contribution >= 0.6 is 23.2 Å². The molecule has 2 N–H and O–H groups in total. The van der Waals surface area contributed by atoms with Gasteiger partial charge in [0.25, 0.3) is 5.91 Å². The number of benzene rings is 2. The summed E-state index contributed by atoms with van der Waals surface area (Å²) < 4.78 is 0. The van der Waals surface area contributed by atoms with Gasteiger partial charge in [-0.15, -0.1) is 0 Å². The molecule has 1 aliphatic rings. The lowest BCUT2D eigenvalue weighted by Gasteiger charge is -2.26. The predicted molar refractivity (Wildman–Crippen MR) is 115 cm³/mol. The summed E-state index contributed by atoms with van der Waals surface area (Å²) in [4.78, 5) is 15.0. The molecule has 0 fully saturated rings. The number of fused-ring (bicyclic) bond motifs is 1. The van der Waals surface area contributed by atoms with E-state index in [2.05, 4.69) is 17.1 Å². The summed E-state index contributed by atoms with van der Waals surface area (Å²) in [7, 11) is 0. The lowest BCUT2D eigenvalue weighted by Crippen LogP contribution is -2.30. The average Bonchev–Trinajstić information content (AvgIpc) is 3.23. The Morgan fingerprint density at radius 1 is 1.14 bits per heavy atom. The number of hydrogen-bond acceptors (Lipinski definition) is 3. The summed E-state index contributed by atoms with van der Waals surface area (Å²) in [5.41, 5.74) is 3.11. The third-order valence-corrected chi connectivity index (χ3v) is 5.71. The highest BCUT2D eigenvalue weighted by atomic mass is 35.5. The van der Waals surface area contributed by atoms with Crippen molar-refractivity contribution in [3.63, 3.8) is 0 Å². The third kappa shape index (κ3) is 3.61. The van der Waals surface area contributed by atoms with Crippen molar-refractivity contribution in [3.8, 4) is 17.0 Å². The van der Waals surface area contributed by atoms with Gasteiger partial charge >= 0.3 is 0 Å². The normalized spacial score (nSPS) is 15.8. The number of hydrogen-bond donors (Lipinski definition) is 2. The van der Waals surface area contributed by atoms with Crippen LogP contribution in [0, 0.1) is 0 Å². The van der Waals surface area contributed by atoms with Gasteiger partial charge in [-0.25, -0.2) is 0 Å². The molecule has 1 unspecified atom stereocenters. The Bertz CT molecular complexity index is 1060. The van der Waals surface area contributed by atoms with E-state index in [-0.39, 0.29) is 17.7 Å². The van der Waals surface area contributed by atoms with Crippen LogP contribution in [0.4, 0.5) is 0 Å². The van der Waals surface area contributed by atoms with E-state index < -0.39 is 0 Å². The first kappa shape index (κ1) is 19.8. The van der Waals surface area contributed by atoms with Crippen LogP contribution in [0.1, 0.15) is 53.8 Å². The minimum Gasteiger partial charge on any atom is -0.507 e. The monoisotopic (exact) mass is 429 g/mol. The molecule has 2 aromatic carbocycles. The number of aromatic nitrogens is 2. The molecule has 1 aliphatic heterocycles. The number of halogens is 2. The van der Waals surface area contributed by atoms with Crippen LogP contribution in [-0.4, -0.2) is 32.7 Å². The van der Waals surface area contributed by atoms with Gasteiger partial charge in [0.2, 0.25) is 0 Å². The van der Waals surface area contributed by atoms with Crippen molar-refractivity contribution < 1.29 is 9.90 Å². The molecule has 3 aromatic rings. The maximum atomic E-state index is 13.2. The first-order chi connectivity index (χ1) is 14.0. The smallest absolute Gasteiger partial charge is 0.273 e. The predicted octanol–water partition coefficient (Wildman–Crippen LogP) is 5.82. The highest BCUT2D eigenvalue weighted by molar-refractivity contribution is 6.31. The molecular weight excluding hydrogens is 409 g/mol. The van der Waals surface area contributed by atoms with Gasteiger partial charge in [-0.1, -0.05) is 55.1 Å². The first-order valence-electron chi connectivity index (χ1n) is 9.64. The van der Waals surface area contributed by atoms with E-state index in [1.165, 1.54) is 6.07 Å². The number of H-pyrrole nitrogens is 1. The molecule has 0 bridgehead atoms. The standard InChI is InChI=1S/C22H21Cl2N3O2/c1-2-3-4-10-27-21(13-6-5-7-14(23)11-13)18-19(25-26-20(18)22(27)29)16-12-15(24)8-9-17(16)28/h5-9,11-12,21,28H,2-4,10H2,1H3,(H,25,26). The molecule has 0 spiro atoms. The van der Waals surface area contributed by atoms with Crippen LogP contribution in [0.25, 0.3) is 11.3 Å². The minimum absolute atomic E-state index is 0.0606. The number of aromatic hydroxyl groups is 1. The van der Waals surface area contributed by atoms with Gasteiger partial charge in [0.15, 0.2) is 0 Å². The second-order valence-corrected chi connectivity index (χ2v) is 8.06. The highest BCUT2D eigenvalue weighted by Gasteiger charge is 2.42. The molecule has 5 nitrogen and oxygen atoms in total. The van der Waals surface area contributed by atoms with Crippen LogP contribution in [0.5, 0.6) is 5.75 Å². The van der Waals surface area contributed by atoms with Crippen molar-refractivity contribution in [3.05, 3.63) is 69.3 Å². The summed E-state index contributed by atoms with van der Waals surface area (Å²) in [6.45, 7) is 2.76. The number of carbonyl (C=O) groups excluding carboxylic acids is 1. The molecule has 1 atom stereocenters. The number of phenols is 1. The number of unbranched alkanes of at least 4 members (excludes halogenated alkanes) is 2. The molecule has 0 saturated heterocycles. The van der Waals surface area contributed by atoms with E-state index in [0.29, 0.717) is 33.5 Å². The Morgan fingerprint density at radius 3 is 2.69 bits per heavy atom. The zero-order chi connectivity index (χ0) is 20.5. The van der Waals surface area contributed by atoms with Crippen molar-refractivity contribution in [2.24, 2.45) is 0 Å². The Morgan fingerprint density at radius 2 is 1.93 bits per heavy atom. The summed E-state index contributed by atoms with van der Waals surface area (Å²) in [5, 5.41) is 18.8. The third-order valence-electron chi connectivity index (χ3n) is 5.24. The van der Waals surface area contributed by atoms with E-state index in [0.717, 1.165) is 30.4 Å². The zero-order valence-electron chi connectivity index (χ0n) is 16.0. The Hall–Kier alpha value is -2.50. The van der Waals surface area contributed by atoms with Crippen molar-refractivity contribution >= 4 is 29.1 Å². The van der Waals surface area contributed by atoms with E-state index >= 15 is 0 Å². The van der Waals surface area contributed by atoms with E-state index in [4.69, 9.17) is 23.2 Å². The Kier molecular flexibility index (Phi) is 5.52. The number of aromatic amines is 1. The summed E-state index contributed by atoms with van der Waals surface area (Å²) in [6, 6.07) is 12.0. The molecule has 4 rings (SSSR count). The molecule has 0 saturated carbocycles. The summed E-state index contributed by atoms with van der Waals surface area (Å²) in [5.74, 6) is -0.0354. The molecule has 2 heterocycles. The quantitative estimate of drug-likeness (QED) is 0.484. The number of nitrogens with zero attached hydrogens (tertiary/aromatic N) is 2. The van der Waals surface area contributed by atoms with Crippen LogP contribution in [0.2, 0.25) is 10.0 Å². The van der Waals surface area contributed by atoms with Gasteiger partial charge in [-0.2, -0.15) is 5.10 Å². The number of amides is 1. The fraction of sp³-hybridized carbons (Fsp3) is 0.273. The van der Waals surface area contributed by atoms with Gasteiger partial charge < -0.3 is 10.0 Å². The largest absolute Gasteiger partial charge is 0.507 e. The van der Waals surface area contributed by atoms with E-state index in [1.54, 1.807) is 12.1 Å². The molecule has 1 aromatic heterocycles. The fourth-order valence-electron chi connectivity index (χ4n) is 3.89. The van der Waals surface area contributed by atoms with Gasteiger partial charge in [0.1, 0.15) is 17.1 Å². The number of nitrogens with one attached hydrogen (secondary N) is 1. The molecule has 0 radical (unpaired) electrons. The zero-order valence-corrected chi connectivity index (χ0v) is 17.5. The second kappa shape index (κ2) is 8.09. The van der Waals surface area contributed by atoms with E-state index in [9.17, 15) is 9.90 Å². The lowest BCUT2D eigenvalue weighted by atomic mass is 9.95. The first-order valence-corrected chi connectivity index (χ1v) is 10.4. The van der Waals surface area contributed by atoms with Crippen LogP contribution in [0.15, 0.2) is 42.5 Å². The molecular formula is C22H21Cl2N3O2. The Balaban J connectivity index is 1.86. The van der Waals surface area contributed by atoms with Crippen molar-refractivity contribution in [1.29, 1.82) is 0 Å². The van der Waals surface area contributed by atoms with Crippen molar-refractivity contribution in [1.82, 2.24) is 15.1 Å². The highest BCUT2D eigenvalue weighted by Crippen LogP contribution is 2.45. The Labute approximate surface area is 179 Å². The molecule has 29 heavy (non-hydrogen) atoms. The number of rotatable bonds is 6. The minimum atomic E-state index is -0.333. The van der Waals surface area contributed by atoms with Crippen molar-refractivity contribution in [2.75, 3.05) is 6.54 Å². The fourth-order valence-corrected chi connectivity index (χ4v) is 4.26. The van der Waals surface area contributed by atoms with Gasteiger partial charge in [-0.3, -0.25) is 9.89 Å². The van der Waals surface area contributed by atoms with E-state index in [1.807, 2.05) is 29.2 Å². The second-order valence-electron chi connectivity index (χ2n) is 7.19. The summed E-state index contributed by atoms with van der Waals surface area (Å²) in [6.07, 6.45) is 3.02. The lowest BCUT2D eigenvalue weighted by molar-refractivity contribution is 0.0740. The molecule has 0 aliphatic carbocycles. The number of carbonyl (C=O) groups is 1. The maximum absolute atomic E-state index is 13.2. The van der Waals surface area contributed by atoms with Crippen LogP contribution in [0.3, 0.4) is 0 Å². The van der Waals surface area contributed by atoms with Crippen LogP contribution in [-0.2, 0) is 0 Å². The topological polar surface area (TPSA) is 69.2 Å². The average molecular weight is 430 g/mol. The van der Waals surface area contributed by atoms with Crippen molar-refractivity contribution in [2.45, 2.75) is 32.2 Å². The summed E-state index contributed by atoms with van der Waals surface area (Å²) >= 11 is 12.4. The molecule has 1 amide bonds. The van der Waals surface area contributed by atoms with Gasteiger partial charge in [0.05, 0.1) is 6.04 Å². The molecule has 7 heteroatoms. The van der Waals surface area contributed by atoms with Crippen LogP contribution < -0.4 is 0 Å².